The smallest absolute Gasteiger partial charge is 0.219 e. The van der Waals surface area contributed by atoms with Gasteiger partial charge >= 0.3 is 0 Å². The summed E-state index contributed by atoms with van der Waals surface area (Å²) in [5, 5.41) is 3.01. The summed E-state index contributed by atoms with van der Waals surface area (Å²) in [4.78, 5) is 11.5. The lowest BCUT2D eigenvalue weighted by Gasteiger charge is -2.05. The molecule has 1 N–H and O–H groups in total. The Morgan fingerprint density at radius 1 is 1.00 bits per heavy atom. The second-order valence-electron chi connectivity index (χ2n) is 5.10. The van der Waals surface area contributed by atoms with Gasteiger partial charge in [0.15, 0.2) is 0 Å². The Bertz CT molecular complexity index is 334. The maximum Gasteiger partial charge on any atom is 0.219 e. The molecule has 2 nitrogen and oxygen atoms in total. The highest BCUT2D eigenvalue weighted by Crippen LogP contribution is 2.04. The Labute approximate surface area is 117 Å². The highest BCUT2D eigenvalue weighted by molar-refractivity contribution is 5.75. The number of hydrogen-bond donors (Lipinski definition) is 1. The molecule has 1 aromatic carbocycles. The van der Waals surface area contributed by atoms with Crippen molar-refractivity contribution >= 4 is 5.91 Å². The van der Waals surface area contributed by atoms with Crippen LogP contribution in [-0.2, 0) is 11.2 Å². The van der Waals surface area contributed by atoms with Crippen molar-refractivity contribution in [2.75, 3.05) is 6.54 Å². The van der Waals surface area contributed by atoms with Crippen LogP contribution in [0.4, 0.5) is 0 Å². The van der Waals surface area contributed by atoms with Gasteiger partial charge < -0.3 is 5.32 Å². The molecule has 0 aliphatic rings. The molecule has 1 aromatic rings. The molecule has 106 valence electrons. The topological polar surface area (TPSA) is 29.1 Å². The van der Waals surface area contributed by atoms with Gasteiger partial charge in [-0.3, -0.25) is 4.79 Å². The molecular weight excluding hydrogens is 234 g/mol. The molecule has 0 saturated heterocycles. The summed E-state index contributed by atoms with van der Waals surface area (Å²) >= 11 is 0. The molecule has 1 amide bonds. The Morgan fingerprint density at radius 2 is 1.79 bits per heavy atom. The van der Waals surface area contributed by atoms with Gasteiger partial charge in [-0.2, -0.15) is 0 Å². The second-order valence-corrected chi connectivity index (χ2v) is 5.10. The predicted molar refractivity (Wildman–Crippen MR) is 81.1 cm³/mol. The number of carbonyl (C=O) groups is 1. The minimum atomic E-state index is 0.218. The Morgan fingerprint density at radius 3 is 2.53 bits per heavy atom. The van der Waals surface area contributed by atoms with Gasteiger partial charge in [-0.15, -0.1) is 0 Å². The monoisotopic (exact) mass is 261 g/mol. The summed E-state index contributed by atoms with van der Waals surface area (Å²) in [6.07, 6.45) is 8.68. The van der Waals surface area contributed by atoms with Crippen LogP contribution in [-0.4, -0.2) is 12.5 Å². The lowest BCUT2D eigenvalue weighted by molar-refractivity contribution is -0.121. The molecule has 1 rings (SSSR count). The molecule has 0 aromatic heterocycles. The molecule has 0 unspecified atom stereocenters. The molecule has 0 bridgehead atoms. The first-order valence-electron chi connectivity index (χ1n) is 7.63. The third kappa shape index (κ3) is 8.41. The minimum Gasteiger partial charge on any atom is -0.356 e. The highest BCUT2D eigenvalue weighted by atomic mass is 16.1. The molecule has 0 fully saturated rings. The summed E-state index contributed by atoms with van der Waals surface area (Å²) in [7, 11) is 0. The number of nitrogens with one attached hydrogen (secondary N) is 1. The molecule has 0 aliphatic carbocycles. The van der Waals surface area contributed by atoms with E-state index in [2.05, 4.69) is 36.5 Å². The highest BCUT2D eigenvalue weighted by Gasteiger charge is 2.00. The van der Waals surface area contributed by atoms with E-state index < -0.39 is 0 Å². The maximum absolute atomic E-state index is 11.5. The molecule has 0 radical (unpaired) electrons. The average Bonchev–Trinajstić information content (AvgIpc) is 2.44. The van der Waals surface area contributed by atoms with Crippen molar-refractivity contribution in [1.29, 1.82) is 0 Å². The fourth-order valence-corrected chi connectivity index (χ4v) is 2.13. The number of amides is 1. The molecule has 0 spiro atoms. The van der Waals surface area contributed by atoms with Crippen LogP contribution >= 0.6 is 0 Å². The summed E-state index contributed by atoms with van der Waals surface area (Å²) in [6, 6.07) is 10.5. The van der Waals surface area contributed by atoms with Crippen molar-refractivity contribution in [1.82, 2.24) is 5.32 Å². The van der Waals surface area contributed by atoms with E-state index in [0.717, 1.165) is 32.2 Å². The number of rotatable bonds is 10. The number of aryl methyl sites for hydroxylation is 1. The minimum absolute atomic E-state index is 0.218. The van der Waals surface area contributed by atoms with E-state index in [1.807, 2.05) is 6.07 Å². The van der Waals surface area contributed by atoms with E-state index in [9.17, 15) is 4.79 Å². The number of hydrogen-bond acceptors (Lipinski definition) is 1. The molecule has 2 heteroatoms. The standard InChI is InChI=1S/C17H27NO/c1-2-3-4-8-14-17(19)18-15-10-9-13-16-11-6-5-7-12-16/h5-7,11-12H,2-4,8-10,13-15H2,1H3,(H,18,19). The van der Waals surface area contributed by atoms with Crippen LogP contribution < -0.4 is 5.32 Å². The van der Waals surface area contributed by atoms with E-state index in [-0.39, 0.29) is 5.91 Å². The first-order chi connectivity index (χ1) is 9.33. The van der Waals surface area contributed by atoms with E-state index in [1.165, 1.54) is 24.8 Å². The number of carbonyl (C=O) groups excluding carboxylic acids is 1. The van der Waals surface area contributed by atoms with Gasteiger partial charge in [0.25, 0.3) is 0 Å². The summed E-state index contributed by atoms with van der Waals surface area (Å²) in [6.45, 7) is 3.01. The van der Waals surface area contributed by atoms with E-state index in [4.69, 9.17) is 0 Å². The normalized spacial score (nSPS) is 10.4. The number of unbranched alkanes of at least 4 members (excludes halogenated alkanes) is 4. The predicted octanol–water partition coefficient (Wildman–Crippen LogP) is 4.10. The van der Waals surface area contributed by atoms with Crippen molar-refractivity contribution in [3.8, 4) is 0 Å². The van der Waals surface area contributed by atoms with Gasteiger partial charge in [-0.1, -0.05) is 56.5 Å². The molecule has 0 aliphatic heterocycles. The lowest BCUT2D eigenvalue weighted by atomic mass is 10.1. The van der Waals surface area contributed by atoms with Crippen LogP contribution in [0.25, 0.3) is 0 Å². The van der Waals surface area contributed by atoms with Gasteiger partial charge in [0.2, 0.25) is 5.91 Å². The second kappa shape index (κ2) is 10.6. The zero-order valence-electron chi connectivity index (χ0n) is 12.2. The van der Waals surface area contributed by atoms with Crippen LogP contribution in [0.5, 0.6) is 0 Å². The van der Waals surface area contributed by atoms with Crippen molar-refractivity contribution in [2.24, 2.45) is 0 Å². The van der Waals surface area contributed by atoms with Crippen molar-refractivity contribution in [2.45, 2.75) is 58.3 Å². The molecule has 19 heavy (non-hydrogen) atoms. The SMILES string of the molecule is CCCCCCC(=O)NCCCCc1ccccc1. The van der Waals surface area contributed by atoms with E-state index >= 15 is 0 Å². The Hall–Kier alpha value is -1.31. The fraction of sp³-hybridized carbons (Fsp3) is 0.588. The van der Waals surface area contributed by atoms with Gasteiger partial charge in [0.1, 0.15) is 0 Å². The zero-order valence-corrected chi connectivity index (χ0v) is 12.2. The average molecular weight is 261 g/mol. The molecule has 0 atom stereocenters. The first kappa shape index (κ1) is 15.7. The van der Waals surface area contributed by atoms with Crippen LogP contribution in [0, 0.1) is 0 Å². The molecular formula is C17H27NO. The zero-order chi connectivity index (χ0) is 13.8. The summed E-state index contributed by atoms with van der Waals surface area (Å²) in [5.41, 5.74) is 1.38. The van der Waals surface area contributed by atoms with Crippen LogP contribution in [0.3, 0.4) is 0 Å². The van der Waals surface area contributed by atoms with Crippen molar-refractivity contribution in [3.05, 3.63) is 35.9 Å². The van der Waals surface area contributed by atoms with E-state index in [1.54, 1.807) is 0 Å². The van der Waals surface area contributed by atoms with Crippen molar-refractivity contribution < 1.29 is 4.79 Å². The first-order valence-corrected chi connectivity index (χ1v) is 7.63. The van der Waals surface area contributed by atoms with Crippen LogP contribution in [0.2, 0.25) is 0 Å². The maximum atomic E-state index is 11.5. The molecule has 0 saturated carbocycles. The Balaban J connectivity index is 1.94. The van der Waals surface area contributed by atoms with Crippen LogP contribution in [0.1, 0.15) is 57.4 Å². The third-order valence-corrected chi connectivity index (χ3v) is 3.31. The Kier molecular flexibility index (Phi) is 8.78. The lowest BCUT2D eigenvalue weighted by Crippen LogP contribution is -2.24. The van der Waals surface area contributed by atoms with Gasteiger partial charge in [-0.25, -0.2) is 0 Å². The van der Waals surface area contributed by atoms with Gasteiger partial charge in [0, 0.05) is 13.0 Å². The summed E-state index contributed by atoms with van der Waals surface area (Å²) < 4.78 is 0. The van der Waals surface area contributed by atoms with Gasteiger partial charge in [0.05, 0.1) is 0 Å². The van der Waals surface area contributed by atoms with Crippen LogP contribution in [0.15, 0.2) is 30.3 Å². The third-order valence-electron chi connectivity index (χ3n) is 3.31. The van der Waals surface area contributed by atoms with Crippen molar-refractivity contribution in [3.63, 3.8) is 0 Å². The molecule has 0 heterocycles. The van der Waals surface area contributed by atoms with E-state index in [0.29, 0.717) is 6.42 Å². The number of benzene rings is 1. The quantitative estimate of drug-likeness (QED) is 0.631. The summed E-state index contributed by atoms with van der Waals surface area (Å²) in [5.74, 6) is 0.218. The fourth-order valence-electron chi connectivity index (χ4n) is 2.13. The van der Waals surface area contributed by atoms with Gasteiger partial charge in [-0.05, 0) is 31.2 Å². The largest absolute Gasteiger partial charge is 0.356 e.